The van der Waals surface area contributed by atoms with Crippen LogP contribution in [0, 0.1) is 5.82 Å². The molecular formula is C12H6F4N2O2S. The number of fused-ring (bicyclic) bond motifs is 1. The Bertz CT molecular complexity index is 796. The summed E-state index contributed by atoms with van der Waals surface area (Å²) in [4.78, 5) is 0.105. The fourth-order valence-electron chi connectivity index (χ4n) is 1.81. The van der Waals surface area contributed by atoms with Crippen LogP contribution in [-0.2, 0) is 0 Å². The van der Waals surface area contributed by atoms with Gasteiger partial charge in [0.1, 0.15) is 5.52 Å². The third kappa shape index (κ3) is 2.49. The molecule has 1 N–H and O–H groups in total. The van der Waals surface area contributed by atoms with Crippen molar-refractivity contribution in [3.8, 4) is 10.4 Å². The van der Waals surface area contributed by atoms with Crippen molar-refractivity contribution < 1.29 is 27.3 Å². The molecule has 0 aliphatic carbocycles. The van der Waals surface area contributed by atoms with Crippen LogP contribution in [0.1, 0.15) is 11.0 Å². The number of nitrogens with zero attached hydrogens (tertiary/aromatic N) is 2. The molecule has 2 aromatic heterocycles. The minimum absolute atomic E-state index is 0.0501. The Labute approximate surface area is 118 Å². The molecule has 21 heavy (non-hydrogen) atoms. The number of aliphatic hydroxyl groups excluding tert-OH is 1. The number of benzene rings is 1. The van der Waals surface area contributed by atoms with Crippen LogP contribution in [0.3, 0.4) is 0 Å². The van der Waals surface area contributed by atoms with E-state index < -0.39 is 18.1 Å². The highest BCUT2D eigenvalue weighted by Crippen LogP contribution is 2.39. The lowest BCUT2D eigenvalue weighted by molar-refractivity contribution is -0.205. The fourth-order valence-corrected chi connectivity index (χ4v) is 2.82. The quantitative estimate of drug-likeness (QED) is 0.732. The average molecular weight is 318 g/mol. The highest BCUT2D eigenvalue weighted by molar-refractivity contribution is 7.15. The number of alkyl halides is 3. The van der Waals surface area contributed by atoms with Crippen LogP contribution in [-0.4, -0.2) is 21.6 Å². The van der Waals surface area contributed by atoms with Gasteiger partial charge in [-0.25, -0.2) is 9.02 Å². The molecular weight excluding hydrogens is 312 g/mol. The molecule has 1 unspecified atom stereocenters. The summed E-state index contributed by atoms with van der Waals surface area (Å²) in [5.41, 5.74) is 0.448. The first kappa shape index (κ1) is 14.0. The van der Waals surface area contributed by atoms with Crippen molar-refractivity contribution in [1.82, 2.24) is 10.3 Å². The van der Waals surface area contributed by atoms with Crippen molar-refractivity contribution in [3.05, 3.63) is 35.0 Å². The van der Waals surface area contributed by atoms with Gasteiger partial charge in [-0.05, 0) is 40.1 Å². The standard InChI is InChI=1S/C12H6F4N2O2S/c13-6-3-5(4-7-10(6)18-20-17-7)8-1-2-9(21-8)11(19)12(14,15)16/h1-4,11,19H. The number of thiophene rings is 1. The lowest BCUT2D eigenvalue weighted by Gasteiger charge is -2.12. The van der Waals surface area contributed by atoms with Gasteiger partial charge in [-0.1, -0.05) is 0 Å². The minimum Gasteiger partial charge on any atom is -0.379 e. The Hall–Kier alpha value is -2.00. The zero-order valence-electron chi connectivity index (χ0n) is 10.1. The van der Waals surface area contributed by atoms with Gasteiger partial charge in [0.05, 0.1) is 0 Å². The van der Waals surface area contributed by atoms with Crippen LogP contribution in [0.15, 0.2) is 28.9 Å². The highest BCUT2D eigenvalue weighted by atomic mass is 32.1. The Balaban J connectivity index is 2.02. The molecule has 0 fully saturated rings. The van der Waals surface area contributed by atoms with E-state index in [0.717, 1.165) is 23.5 Å². The zero-order chi connectivity index (χ0) is 15.2. The molecule has 0 amide bonds. The SMILES string of the molecule is OC(c1ccc(-c2cc(F)c3nonc3c2)s1)C(F)(F)F. The molecule has 3 aromatic rings. The molecule has 1 atom stereocenters. The van der Waals surface area contributed by atoms with Gasteiger partial charge in [-0.3, -0.25) is 0 Å². The van der Waals surface area contributed by atoms with Gasteiger partial charge >= 0.3 is 6.18 Å². The van der Waals surface area contributed by atoms with Gasteiger partial charge in [-0.2, -0.15) is 13.2 Å². The second-order valence-electron chi connectivity index (χ2n) is 4.24. The summed E-state index contributed by atoms with van der Waals surface area (Å²) in [7, 11) is 0. The van der Waals surface area contributed by atoms with Gasteiger partial charge in [0.25, 0.3) is 0 Å². The number of halogens is 4. The summed E-state index contributed by atoms with van der Waals surface area (Å²) in [6.07, 6.45) is -7.30. The molecule has 2 heterocycles. The first-order chi connectivity index (χ1) is 9.86. The third-order valence-electron chi connectivity index (χ3n) is 2.81. The fraction of sp³-hybridized carbons (Fsp3) is 0.167. The van der Waals surface area contributed by atoms with Crippen molar-refractivity contribution in [2.75, 3.05) is 0 Å². The molecule has 0 bridgehead atoms. The van der Waals surface area contributed by atoms with Crippen molar-refractivity contribution in [1.29, 1.82) is 0 Å². The van der Waals surface area contributed by atoms with Crippen LogP contribution in [0.2, 0.25) is 0 Å². The molecule has 1 aromatic carbocycles. The maximum atomic E-state index is 13.7. The zero-order valence-corrected chi connectivity index (χ0v) is 10.9. The normalized spacial score (nSPS) is 13.8. The molecule has 3 rings (SSSR count). The largest absolute Gasteiger partial charge is 0.419 e. The van der Waals surface area contributed by atoms with Crippen LogP contribution in [0.5, 0.6) is 0 Å². The van der Waals surface area contributed by atoms with E-state index in [0.29, 0.717) is 10.4 Å². The first-order valence-electron chi connectivity index (χ1n) is 5.63. The number of aliphatic hydroxyl groups is 1. The average Bonchev–Trinajstić information content (AvgIpc) is 3.05. The molecule has 0 aliphatic heterocycles. The monoisotopic (exact) mass is 318 g/mol. The van der Waals surface area contributed by atoms with Crippen molar-refractivity contribution in [3.63, 3.8) is 0 Å². The summed E-state index contributed by atoms with van der Waals surface area (Å²) in [5.74, 6) is -0.685. The van der Waals surface area contributed by atoms with Crippen LogP contribution in [0.25, 0.3) is 21.5 Å². The molecule has 0 saturated heterocycles. The van der Waals surface area contributed by atoms with Crippen LogP contribution < -0.4 is 0 Å². The van der Waals surface area contributed by atoms with Gasteiger partial charge in [0, 0.05) is 9.75 Å². The Morgan fingerprint density at radius 1 is 1.19 bits per heavy atom. The smallest absolute Gasteiger partial charge is 0.379 e. The van der Waals surface area contributed by atoms with Gasteiger partial charge in [0.15, 0.2) is 17.4 Å². The van der Waals surface area contributed by atoms with Gasteiger partial charge < -0.3 is 5.11 Å². The van der Waals surface area contributed by atoms with E-state index in [1.165, 1.54) is 12.1 Å². The molecule has 9 heteroatoms. The number of aromatic nitrogens is 2. The Morgan fingerprint density at radius 3 is 2.67 bits per heavy atom. The van der Waals surface area contributed by atoms with Crippen LogP contribution in [0.4, 0.5) is 17.6 Å². The van der Waals surface area contributed by atoms with E-state index in [4.69, 9.17) is 0 Å². The first-order valence-corrected chi connectivity index (χ1v) is 6.44. The summed E-state index contributed by atoms with van der Waals surface area (Å²) >= 11 is 0.725. The second kappa shape index (κ2) is 4.78. The summed E-state index contributed by atoms with van der Waals surface area (Å²) in [6, 6.07) is 5.11. The topological polar surface area (TPSA) is 59.2 Å². The molecule has 0 spiro atoms. The lowest BCUT2D eigenvalue weighted by atomic mass is 10.1. The number of hydrogen-bond donors (Lipinski definition) is 1. The number of hydrogen-bond acceptors (Lipinski definition) is 5. The van der Waals surface area contributed by atoms with E-state index in [1.807, 2.05) is 0 Å². The molecule has 110 valence electrons. The number of rotatable bonds is 2. The van der Waals surface area contributed by atoms with E-state index >= 15 is 0 Å². The second-order valence-corrected chi connectivity index (χ2v) is 5.35. The van der Waals surface area contributed by atoms with Crippen molar-refractivity contribution in [2.24, 2.45) is 0 Å². The van der Waals surface area contributed by atoms with E-state index in [-0.39, 0.29) is 15.9 Å². The van der Waals surface area contributed by atoms with Crippen molar-refractivity contribution in [2.45, 2.75) is 12.3 Å². The molecule has 0 radical (unpaired) electrons. The molecule has 0 aliphatic rings. The van der Waals surface area contributed by atoms with Gasteiger partial charge in [-0.15, -0.1) is 11.3 Å². The van der Waals surface area contributed by atoms with E-state index in [9.17, 15) is 22.7 Å². The predicted molar refractivity (Wildman–Crippen MR) is 66.1 cm³/mol. The highest BCUT2D eigenvalue weighted by Gasteiger charge is 2.40. The Morgan fingerprint density at radius 2 is 1.95 bits per heavy atom. The van der Waals surface area contributed by atoms with Crippen molar-refractivity contribution >= 4 is 22.4 Å². The van der Waals surface area contributed by atoms with E-state index in [1.54, 1.807) is 0 Å². The maximum Gasteiger partial charge on any atom is 0.419 e. The third-order valence-corrected chi connectivity index (χ3v) is 3.99. The predicted octanol–water partition coefficient (Wildman–Crippen LogP) is 3.69. The molecule has 0 saturated carbocycles. The lowest BCUT2D eigenvalue weighted by Crippen LogP contribution is -2.18. The summed E-state index contributed by atoms with van der Waals surface area (Å²) in [6.45, 7) is 0. The summed E-state index contributed by atoms with van der Waals surface area (Å²) < 4.78 is 55.5. The summed E-state index contributed by atoms with van der Waals surface area (Å²) in [5, 5.41) is 16.1. The van der Waals surface area contributed by atoms with Crippen LogP contribution >= 0.6 is 11.3 Å². The minimum atomic E-state index is -4.74. The molecule has 4 nitrogen and oxygen atoms in total. The van der Waals surface area contributed by atoms with Gasteiger partial charge in [0.2, 0.25) is 0 Å². The maximum absolute atomic E-state index is 13.7. The Kier molecular flexibility index (Phi) is 3.18. The van der Waals surface area contributed by atoms with E-state index in [2.05, 4.69) is 14.9 Å².